The first-order valence-electron chi connectivity index (χ1n) is 9.60. The molecule has 3 aromatic carbocycles. The van der Waals surface area contributed by atoms with E-state index in [4.69, 9.17) is 9.47 Å². The van der Waals surface area contributed by atoms with Gasteiger partial charge in [-0.1, -0.05) is 62.4 Å². The normalized spacial score (nSPS) is 12.0. The molecule has 146 valence electrons. The largest absolute Gasteiger partial charge is 0.497 e. The topological polar surface area (TPSA) is 47.6 Å². The number of ether oxygens (including phenoxy) is 2. The van der Waals surface area contributed by atoms with Crippen molar-refractivity contribution in [2.24, 2.45) is 5.92 Å². The highest BCUT2D eigenvalue weighted by Gasteiger charge is 2.17. The van der Waals surface area contributed by atoms with E-state index in [1.807, 2.05) is 66.7 Å². The lowest BCUT2D eigenvalue weighted by atomic mass is 9.97. The first-order chi connectivity index (χ1) is 13.6. The van der Waals surface area contributed by atoms with Crippen LogP contribution in [-0.4, -0.2) is 19.6 Å². The zero-order valence-electron chi connectivity index (χ0n) is 16.6. The van der Waals surface area contributed by atoms with E-state index in [1.165, 1.54) is 0 Å². The summed E-state index contributed by atoms with van der Waals surface area (Å²) in [5.74, 6) is 1.84. The van der Waals surface area contributed by atoms with Crippen LogP contribution < -0.4 is 14.8 Å². The quantitative estimate of drug-likeness (QED) is 0.592. The van der Waals surface area contributed by atoms with Crippen LogP contribution in [-0.2, 0) is 4.79 Å². The minimum absolute atomic E-state index is 0.0151. The zero-order chi connectivity index (χ0) is 19.9. The molecule has 0 aliphatic carbocycles. The van der Waals surface area contributed by atoms with E-state index in [1.54, 1.807) is 7.11 Å². The molecule has 0 aliphatic rings. The van der Waals surface area contributed by atoms with Crippen LogP contribution in [0.2, 0.25) is 0 Å². The minimum Gasteiger partial charge on any atom is -0.497 e. The predicted octanol–water partition coefficient (Wildman–Crippen LogP) is 5.13. The van der Waals surface area contributed by atoms with Gasteiger partial charge < -0.3 is 14.8 Å². The van der Waals surface area contributed by atoms with Crippen LogP contribution in [0.15, 0.2) is 66.7 Å². The number of carbonyl (C=O) groups excluding carboxylic acids is 1. The Labute approximate surface area is 166 Å². The van der Waals surface area contributed by atoms with Gasteiger partial charge in [0.05, 0.1) is 13.2 Å². The van der Waals surface area contributed by atoms with Gasteiger partial charge in [-0.2, -0.15) is 0 Å². The molecule has 1 N–H and O–H groups in total. The van der Waals surface area contributed by atoms with E-state index in [0.717, 1.165) is 34.3 Å². The number of fused-ring (bicyclic) bond motifs is 1. The lowest BCUT2D eigenvalue weighted by Gasteiger charge is -2.21. The highest BCUT2D eigenvalue weighted by molar-refractivity contribution is 5.88. The van der Waals surface area contributed by atoms with Crippen molar-refractivity contribution in [1.29, 1.82) is 0 Å². The summed E-state index contributed by atoms with van der Waals surface area (Å²) in [5.41, 5.74) is 1.06. The fourth-order valence-electron chi connectivity index (χ4n) is 3.29. The maximum Gasteiger partial charge on any atom is 0.258 e. The van der Waals surface area contributed by atoms with E-state index in [0.29, 0.717) is 5.92 Å². The van der Waals surface area contributed by atoms with E-state index in [9.17, 15) is 4.79 Å². The lowest BCUT2D eigenvalue weighted by molar-refractivity contribution is -0.123. The number of methoxy groups -OCH3 is 1. The van der Waals surface area contributed by atoms with Crippen LogP contribution in [0, 0.1) is 5.92 Å². The second-order valence-electron chi connectivity index (χ2n) is 7.29. The standard InChI is InChI=1S/C24H27NO3/c1-17(2)15-22(19-11-13-20(27-3)14-12-19)25-24(26)16-28-23-10-6-8-18-7-4-5-9-21(18)23/h4-14,17,22H,15-16H2,1-3H3,(H,25,26)/t22-/m0/s1. The van der Waals surface area contributed by atoms with Crippen LogP contribution in [0.4, 0.5) is 0 Å². The summed E-state index contributed by atoms with van der Waals surface area (Å²) in [6.07, 6.45) is 0.854. The number of rotatable bonds is 8. The molecule has 3 rings (SSSR count). The smallest absolute Gasteiger partial charge is 0.258 e. The Morgan fingerprint density at radius 2 is 1.68 bits per heavy atom. The van der Waals surface area contributed by atoms with Gasteiger partial charge in [0.2, 0.25) is 0 Å². The Bertz CT molecular complexity index is 913. The van der Waals surface area contributed by atoms with Crippen molar-refractivity contribution in [2.75, 3.05) is 13.7 Å². The van der Waals surface area contributed by atoms with Gasteiger partial charge in [-0.3, -0.25) is 4.79 Å². The second kappa shape index (κ2) is 9.27. The van der Waals surface area contributed by atoms with Gasteiger partial charge in [0, 0.05) is 5.39 Å². The van der Waals surface area contributed by atoms with Crippen molar-refractivity contribution >= 4 is 16.7 Å². The molecule has 1 amide bonds. The molecule has 0 bridgehead atoms. The summed E-state index contributed by atoms with van der Waals surface area (Å²) >= 11 is 0. The van der Waals surface area contributed by atoms with Crippen LogP contribution in [0.5, 0.6) is 11.5 Å². The molecule has 1 atom stereocenters. The Morgan fingerprint density at radius 3 is 2.39 bits per heavy atom. The van der Waals surface area contributed by atoms with E-state index >= 15 is 0 Å². The third-order valence-corrected chi connectivity index (χ3v) is 4.67. The van der Waals surface area contributed by atoms with Crippen molar-refractivity contribution in [2.45, 2.75) is 26.3 Å². The minimum atomic E-state index is -0.130. The summed E-state index contributed by atoms with van der Waals surface area (Å²) in [4.78, 5) is 12.6. The van der Waals surface area contributed by atoms with Crippen molar-refractivity contribution in [1.82, 2.24) is 5.32 Å². The Kier molecular flexibility index (Phi) is 6.53. The number of hydrogen-bond acceptors (Lipinski definition) is 3. The molecule has 0 unspecified atom stereocenters. The van der Waals surface area contributed by atoms with Crippen LogP contribution in [0.1, 0.15) is 31.9 Å². The number of nitrogens with one attached hydrogen (secondary N) is 1. The molecule has 4 nitrogen and oxygen atoms in total. The number of amides is 1. The fraction of sp³-hybridized carbons (Fsp3) is 0.292. The lowest BCUT2D eigenvalue weighted by Crippen LogP contribution is -2.33. The van der Waals surface area contributed by atoms with E-state index in [2.05, 4.69) is 19.2 Å². The molecule has 28 heavy (non-hydrogen) atoms. The highest BCUT2D eigenvalue weighted by Crippen LogP contribution is 2.26. The monoisotopic (exact) mass is 377 g/mol. The Hall–Kier alpha value is -3.01. The van der Waals surface area contributed by atoms with Crippen molar-refractivity contribution in [3.05, 3.63) is 72.3 Å². The van der Waals surface area contributed by atoms with Gasteiger partial charge in [-0.25, -0.2) is 0 Å². The first kappa shape index (κ1) is 19.7. The van der Waals surface area contributed by atoms with Crippen molar-refractivity contribution in [3.63, 3.8) is 0 Å². The molecule has 4 heteroatoms. The molecule has 0 radical (unpaired) electrons. The molecular formula is C24H27NO3. The van der Waals surface area contributed by atoms with Gasteiger partial charge in [0.1, 0.15) is 11.5 Å². The maximum atomic E-state index is 12.6. The van der Waals surface area contributed by atoms with Crippen molar-refractivity contribution in [3.8, 4) is 11.5 Å². The molecule has 0 aromatic heterocycles. The van der Waals surface area contributed by atoms with E-state index < -0.39 is 0 Å². The number of benzene rings is 3. The zero-order valence-corrected chi connectivity index (χ0v) is 16.6. The fourth-order valence-corrected chi connectivity index (χ4v) is 3.29. The van der Waals surface area contributed by atoms with Crippen LogP contribution >= 0.6 is 0 Å². The molecule has 0 fully saturated rings. The third-order valence-electron chi connectivity index (χ3n) is 4.67. The molecule has 0 spiro atoms. The first-order valence-corrected chi connectivity index (χ1v) is 9.60. The number of hydrogen-bond donors (Lipinski definition) is 1. The van der Waals surface area contributed by atoms with E-state index in [-0.39, 0.29) is 18.6 Å². The average Bonchev–Trinajstić information content (AvgIpc) is 2.71. The molecule has 0 saturated carbocycles. The summed E-state index contributed by atoms with van der Waals surface area (Å²) in [5, 5.41) is 5.22. The van der Waals surface area contributed by atoms with Gasteiger partial charge in [-0.05, 0) is 41.5 Å². The van der Waals surface area contributed by atoms with Gasteiger partial charge in [-0.15, -0.1) is 0 Å². The molecule has 3 aromatic rings. The Morgan fingerprint density at radius 1 is 0.964 bits per heavy atom. The highest BCUT2D eigenvalue weighted by atomic mass is 16.5. The summed E-state index contributed by atoms with van der Waals surface area (Å²) in [6.45, 7) is 4.28. The number of carbonyl (C=O) groups is 1. The maximum absolute atomic E-state index is 12.6. The van der Waals surface area contributed by atoms with Crippen LogP contribution in [0.3, 0.4) is 0 Å². The average molecular weight is 377 g/mol. The van der Waals surface area contributed by atoms with Crippen LogP contribution in [0.25, 0.3) is 10.8 Å². The van der Waals surface area contributed by atoms with Gasteiger partial charge >= 0.3 is 0 Å². The Balaban J connectivity index is 1.67. The van der Waals surface area contributed by atoms with Gasteiger partial charge in [0.25, 0.3) is 5.91 Å². The predicted molar refractivity (Wildman–Crippen MR) is 113 cm³/mol. The molecule has 0 aliphatic heterocycles. The summed E-state index contributed by atoms with van der Waals surface area (Å²) in [6, 6.07) is 21.6. The summed E-state index contributed by atoms with van der Waals surface area (Å²) in [7, 11) is 1.65. The van der Waals surface area contributed by atoms with Crippen molar-refractivity contribution < 1.29 is 14.3 Å². The molecular weight excluding hydrogens is 350 g/mol. The SMILES string of the molecule is COc1ccc([C@H](CC(C)C)NC(=O)COc2cccc3ccccc23)cc1. The van der Waals surface area contributed by atoms with Gasteiger partial charge in [0.15, 0.2) is 6.61 Å². The third kappa shape index (κ3) is 5.03. The molecule has 0 heterocycles. The molecule has 0 saturated heterocycles. The summed E-state index contributed by atoms with van der Waals surface area (Å²) < 4.78 is 11.1. The second-order valence-corrected chi connectivity index (χ2v) is 7.29.